The summed E-state index contributed by atoms with van der Waals surface area (Å²) in [7, 11) is 0. The number of hydrogen-bond donors (Lipinski definition) is 1. The molecule has 2 aliphatic heterocycles. The van der Waals surface area contributed by atoms with Crippen LogP contribution < -0.4 is 5.43 Å². The molecule has 0 spiro atoms. The summed E-state index contributed by atoms with van der Waals surface area (Å²) in [5.74, 6) is -0.159. The standard InChI is InChI=1S/C19H24N4O2/c24-18-10-9-17(20-21-18)19(25)23-14-12-22(13-15-23)11-5-4-8-16-6-2-1-3-7-16/h1-4,6-8H,5,9-15H2,(H,21,24)/b8-4+. The summed E-state index contributed by atoms with van der Waals surface area (Å²) in [6, 6.07) is 10.3. The lowest BCUT2D eigenvalue weighted by molar-refractivity contribution is -0.126. The zero-order chi connectivity index (χ0) is 17.5. The van der Waals surface area contributed by atoms with Gasteiger partial charge in [0.1, 0.15) is 5.71 Å². The zero-order valence-electron chi connectivity index (χ0n) is 14.4. The fourth-order valence-electron chi connectivity index (χ4n) is 3.03. The van der Waals surface area contributed by atoms with Crippen molar-refractivity contribution < 1.29 is 9.59 Å². The number of rotatable bonds is 5. The molecule has 2 heterocycles. The summed E-state index contributed by atoms with van der Waals surface area (Å²) >= 11 is 0. The third-order valence-electron chi connectivity index (χ3n) is 4.53. The molecule has 0 atom stereocenters. The number of hydrogen-bond acceptors (Lipinski definition) is 4. The highest BCUT2D eigenvalue weighted by molar-refractivity contribution is 6.39. The van der Waals surface area contributed by atoms with E-state index in [1.807, 2.05) is 23.1 Å². The number of benzene rings is 1. The number of carbonyl (C=O) groups excluding carboxylic acids is 2. The summed E-state index contributed by atoms with van der Waals surface area (Å²) in [6.45, 7) is 4.19. The molecule has 2 aliphatic rings. The molecule has 1 aromatic rings. The third kappa shape index (κ3) is 5.00. The van der Waals surface area contributed by atoms with Crippen LogP contribution in [0.15, 0.2) is 41.5 Å². The molecule has 3 rings (SSSR count). The van der Waals surface area contributed by atoms with Gasteiger partial charge in [-0.05, 0) is 12.0 Å². The average molecular weight is 340 g/mol. The predicted molar refractivity (Wildman–Crippen MR) is 97.9 cm³/mol. The molecular weight excluding hydrogens is 316 g/mol. The first-order valence-electron chi connectivity index (χ1n) is 8.81. The highest BCUT2D eigenvalue weighted by atomic mass is 16.2. The smallest absolute Gasteiger partial charge is 0.270 e. The van der Waals surface area contributed by atoms with Gasteiger partial charge in [-0.25, -0.2) is 5.43 Å². The lowest BCUT2D eigenvalue weighted by Gasteiger charge is -2.34. The maximum absolute atomic E-state index is 12.4. The van der Waals surface area contributed by atoms with Crippen molar-refractivity contribution in [2.75, 3.05) is 32.7 Å². The van der Waals surface area contributed by atoms with Crippen molar-refractivity contribution in [3.05, 3.63) is 42.0 Å². The quantitative estimate of drug-likeness (QED) is 0.883. The Labute approximate surface area is 148 Å². The van der Waals surface area contributed by atoms with Gasteiger partial charge in [0.15, 0.2) is 0 Å². The monoisotopic (exact) mass is 340 g/mol. The van der Waals surface area contributed by atoms with E-state index in [-0.39, 0.29) is 11.8 Å². The van der Waals surface area contributed by atoms with E-state index in [4.69, 9.17) is 0 Å². The number of amides is 2. The number of nitrogens with zero attached hydrogens (tertiary/aromatic N) is 3. The van der Waals surface area contributed by atoms with Gasteiger partial charge in [-0.1, -0.05) is 42.5 Å². The second-order valence-corrected chi connectivity index (χ2v) is 6.33. The van der Waals surface area contributed by atoms with Crippen LogP contribution in [0.4, 0.5) is 0 Å². The fourth-order valence-corrected chi connectivity index (χ4v) is 3.03. The minimum atomic E-state index is -0.120. The van der Waals surface area contributed by atoms with Crippen LogP contribution in [0.3, 0.4) is 0 Å². The minimum absolute atomic E-state index is 0.0383. The van der Waals surface area contributed by atoms with Crippen LogP contribution in [0, 0.1) is 0 Å². The van der Waals surface area contributed by atoms with E-state index >= 15 is 0 Å². The van der Waals surface area contributed by atoms with Gasteiger partial charge in [0.05, 0.1) is 0 Å². The molecule has 6 nitrogen and oxygen atoms in total. The van der Waals surface area contributed by atoms with E-state index in [0.29, 0.717) is 31.6 Å². The zero-order valence-corrected chi connectivity index (χ0v) is 14.4. The van der Waals surface area contributed by atoms with Crippen LogP contribution in [-0.2, 0) is 9.59 Å². The first kappa shape index (κ1) is 17.4. The van der Waals surface area contributed by atoms with Gasteiger partial charge in [0.2, 0.25) is 5.91 Å². The number of piperazine rings is 1. The van der Waals surface area contributed by atoms with Gasteiger partial charge in [-0.2, -0.15) is 5.10 Å². The Morgan fingerprint density at radius 1 is 1.12 bits per heavy atom. The molecule has 0 radical (unpaired) electrons. The average Bonchev–Trinajstić information content (AvgIpc) is 2.67. The highest BCUT2D eigenvalue weighted by Gasteiger charge is 2.26. The minimum Gasteiger partial charge on any atom is -0.335 e. The molecule has 132 valence electrons. The Morgan fingerprint density at radius 2 is 1.88 bits per heavy atom. The van der Waals surface area contributed by atoms with E-state index in [1.54, 1.807) is 0 Å². The molecule has 0 saturated carbocycles. The summed E-state index contributed by atoms with van der Waals surface area (Å²) in [5, 5.41) is 3.90. The molecule has 1 aromatic carbocycles. The Balaban J connectivity index is 1.39. The molecular formula is C19H24N4O2. The van der Waals surface area contributed by atoms with Crippen LogP contribution in [-0.4, -0.2) is 60.0 Å². The van der Waals surface area contributed by atoms with Crippen LogP contribution in [0.1, 0.15) is 24.8 Å². The van der Waals surface area contributed by atoms with Gasteiger partial charge in [-0.15, -0.1) is 0 Å². The molecule has 0 bridgehead atoms. The van der Waals surface area contributed by atoms with Crippen molar-refractivity contribution >= 4 is 23.6 Å². The van der Waals surface area contributed by atoms with Gasteiger partial charge >= 0.3 is 0 Å². The van der Waals surface area contributed by atoms with Crippen LogP contribution in [0.5, 0.6) is 0 Å². The van der Waals surface area contributed by atoms with Crippen LogP contribution in [0.2, 0.25) is 0 Å². The topological polar surface area (TPSA) is 65.0 Å². The van der Waals surface area contributed by atoms with Gasteiger partial charge in [0, 0.05) is 45.6 Å². The molecule has 2 amide bonds. The molecule has 25 heavy (non-hydrogen) atoms. The largest absolute Gasteiger partial charge is 0.335 e. The molecule has 1 fully saturated rings. The lowest BCUT2D eigenvalue weighted by Crippen LogP contribution is -2.51. The normalized spacial score (nSPS) is 19.0. The lowest BCUT2D eigenvalue weighted by atomic mass is 10.1. The van der Waals surface area contributed by atoms with Crippen LogP contribution in [0.25, 0.3) is 6.08 Å². The van der Waals surface area contributed by atoms with E-state index < -0.39 is 0 Å². The van der Waals surface area contributed by atoms with Crippen LogP contribution >= 0.6 is 0 Å². The number of carbonyl (C=O) groups is 2. The second-order valence-electron chi connectivity index (χ2n) is 6.33. The maximum atomic E-state index is 12.4. The van der Waals surface area contributed by atoms with Crippen molar-refractivity contribution in [1.29, 1.82) is 0 Å². The third-order valence-corrected chi connectivity index (χ3v) is 4.53. The first-order chi connectivity index (χ1) is 12.2. The van der Waals surface area contributed by atoms with Crippen molar-refractivity contribution in [3.8, 4) is 0 Å². The summed E-state index contributed by atoms with van der Waals surface area (Å²) in [6.07, 6.45) is 6.14. The van der Waals surface area contributed by atoms with Crippen molar-refractivity contribution in [2.45, 2.75) is 19.3 Å². The Morgan fingerprint density at radius 3 is 2.56 bits per heavy atom. The Hall–Kier alpha value is -2.47. The Bertz CT molecular complexity index is 661. The van der Waals surface area contributed by atoms with Crippen molar-refractivity contribution in [2.24, 2.45) is 5.10 Å². The Kier molecular flexibility index (Phi) is 5.95. The van der Waals surface area contributed by atoms with Crippen molar-refractivity contribution in [3.63, 3.8) is 0 Å². The molecule has 1 saturated heterocycles. The number of nitrogens with one attached hydrogen (secondary N) is 1. The second kappa shape index (κ2) is 8.58. The molecule has 0 aliphatic carbocycles. The van der Waals surface area contributed by atoms with E-state index in [9.17, 15) is 9.59 Å². The molecule has 0 aromatic heterocycles. The summed E-state index contributed by atoms with van der Waals surface area (Å²) in [4.78, 5) is 27.7. The first-order valence-corrected chi connectivity index (χ1v) is 8.81. The summed E-state index contributed by atoms with van der Waals surface area (Å²) < 4.78 is 0. The van der Waals surface area contributed by atoms with E-state index in [1.165, 1.54) is 5.56 Å². The van der Waals surface area contributed by atoms with Gasteiger partial charge in [-0.3, -0.25) is 14.5 Å². The van der Waals surface area contributed by atoms with Gasteiger partial charge < -0.3 is 4.90 Å². The van der Waals surface area contributed by atoms with E-state index in [0.717, 1.165) is 26.1 Å². The predicted octanol–water partition coefficient (Wildman–Crippen LogP) is 1.50. The fraction of sp³-hybridized carbons (Fsp3) is 0.421. The molecule has 0 unspecified atom stereocenters. The maximum Gasteiger partial charge on any atom is 0.270 e. The molecule has 6 heteroatoms. The number of hydrazone groups is 1. The van der Waals surface area contributed by atoms with Gasteiger partial charge in [0.25, 0.3) is 5.91 Å². The molecule has 1 N–H and O–H groups in total. The highest BCUT2D eigenvalue weighted by Crippen LogP contribution is 2.09. The summed E-state index contributed by atoms with van der Waals surface area (Å²) in [5.41, 5.74) is 4.08. The van der Waals surface area contributed by atoms with Crippen molar-refractivity contribution in [1.82, 2.24) is 15.2 Å². The van der Waals surface area contributed by atoms with E-state index in [2.05, 4.69) is 39.7 Å². The SMILES string of the molecule is O=C1CCC(C(=O)N2CCN(CC/C=C/c3ccccc3)CC2)=NN1.